The third kappa shape index (κ3) is 6.22. The van der Waals surface area contributed by atoms with E-state index in [2.05, 4.69) is 23.3 Å². The Bertz CT molecular complexity index is 395. The van der Waals surface area contributed by atoms with Gasteiger partial charge in [0.1, 0.15) is 6.04 Å². The summed E-state index contributed by atoms with van der Waals surface area (Å²) in [6.45, 7) is 1.28. The van der Waals surface area contributed by atoms with Gasteiger partial charge in [0, 0.05) is 33.3 Å². The summed E-state index contributed by atoms with van der Waals surface area (Å²) in [6, 6.07) is -0.757. The Balaban J connectivity index is 4.22. The van der Waals surface area contributed by atoms with Crippen LogP contribution >= 0.6 is 12.6 Å². The van der Waals surface area contributed by atoms with Crippen molar-refractivity contribution in [2.45, 2.75) is 13.0 Å². The quantitative estimate of drug-likeness (QED) is 0.495. The van der Waals surface area contributed by atoms with Gasteiger partial charge >= 0.3 is 0 Å². The van der Waals surface area contributed by atoms with Gasteiger partial charge in [-0.1, -0.05) is 0 Å². The van der Waals surface area contributed by atoms with Crippen molar-refractivity contribution in [1.82, 2.24) is 14.9 Å². The minimum atomic E-state index is -3.34. The predicted octanol–water partition coefficient (Wildman–Crippen LogP) is -1.57. The van der Waals surface area contributed by atoms with Crippen LogP contribution in [0.5, 0.6) is 0 Å². The Labute approximate surface area is 113 Å². The van der Waals surface area contributed by atoms with Crippen LogP contribution in [0.3, 0.4) is 0 Å². The molecule has 0 spiro atoms. The average Bonchev–Trinajstić information content (AvgIpc) is 2.24. The van der Waals surface area contributed by atoms with Crippen LogP contribution < -0.4 is 10.6 Å². The molecule has 0 heterocycles. The van der Waals surface area contributed by atoms with Crippen LogP contribution in [0.2, 0.25) is 0 Å². The smallest absolute Gasteiger partial charge is 0.243 e. The standard InChI is InChI=1S/C9H19N3O4S2/c1-7(13)11-8(6-17)9(14)10-4-5-18(15,16)12(2)3/h8,17H,4-6H2,1-3H3,(H,10,14)(H,11,13). The molecule has 0 bridgehead atoms. The van der Waals surface area contributed by atoms with Crippen molar-refractivity contribution in [2.75, 3.05) is 32.1 Å². The minimum absolute atomic E-state index is 0.0107. The number of thiol groups is 1. The highest BCUT2D eigenvalue weighted by atomic mass is 32.2. The molecule has 0 saturated carbocycles. The summed E-state index contributed by atoms with van der Waals surface area (Å²) in [6.07, 6.45) is 0. The van der Waals surface area contributed by atoms with E-state index in [1.54, 1.807) is 0 Å². The van der Waals surface area contributed by atoms with Crippen LogP contribution in [-0.2, 0) is 19.6 Å². The molecule has 0 aliphatic heterocycles. The van der Waals surface area contributed by atoms with Crippen LogP contribution in [0.25, 0.3) is 0 Å². The number of hydrogen-bond donors (Lipinski definition) is 3. The maximum atomic E-state index is 11.6. The summed E-state index contributed by atoms with van der Waals surface area (Å²) in [5, 5.41) is 4.85. The average molecular weight is 297 g/mol. The molecule has 0 aliphatic carbocycles. The van der Waals surface area contributed by atoms with E-state index in [9.17, 15) is 18.0 Å². The molecule has 2 amide bonds. The summed E-state index contributed by atoms with van der Waals surface area (Å²) in [5.74, 6) is -0.837. The van der Waals surface area contributed by atoms with Crippen LogP contribution in [0.15, 0.2) is 0 Å². The molecule has 1 atom stereocenters. The first kappa shape index (κ1) is 17.2. The lowest BCUT2D eigenvalue weighted by Crippen LogP contribution is -2.48. The molecule has 2 N–H and O–H groups in total. The molecular formula is C9H19N3O4S2. The molecule has 0 fully saturated rings. The van der Waals surface area contributed by atoms with E-state index < -0.39 is 22.0 Å². The van der Waals surface area contributed by atoms with Crippen LogP contribution in [0.4, 0.5) is 0 Å². The summed E-state index contributed by atoms with van der Waals surface area (Å²) in [7, 11) is -0.494. The van der Waals surface area contributed by atoms with E-state index in [-0.39, 0.29) is 24.0 Å². The number of nitrogens with zero attached hydrogens (tertiary/aromatic N) is 1. The maximum absolute atomic E-state index is 11.6. The highest BCUT2D eigenvalue weighted by molar-refractivity contribution is 7.89. The first-order valence-corrected chi connectivity index (χ1v) is 7.50. The second-order valence-corrected chi connectivity index (χ2v) is 6.49. The molecule has 106 valence electrons. The van der Waals surface area contributed by atoms with Crippen molar-refractivity contribution < 1.29 is 18.0 Å². The fraction of sp³-hybridized carbons (Fsp3) is 0.778. The number of carbonyl (C=O) groups is 2. The molecule has 0 aliphatic rings. The number of sulfonamides is 1. The third-order valence-corrected chi connectivity index (χ3v) is 4.29. The number of nitrogens with one attached hydrogen (secondary N) is 2. The Morgan fingerprint density at radius 1 is 1.33 bits per heavy atom. The van der Waals surface area contributed by atoms with Gasteiger partial charge in [-0.3, -0.25) is 9.59 Å². The Morgan fingerprint density at radius 2 is 1.89 bits per heavy atom. The minimum Gasteiger partial charge on any atom is -0.353 e. The summed E-state index contributed by atoms with van der Waals surface area (Å²) in [5.41, 5.74) is 0. The van der Waals surface area contributed by atoms with Crippen molar-refractivity contribution in [3.8, 4) is 0 Å². The molecule has 7 nitrogen and oxygen atoms in total. The number of carbonyl (C=O) groups excluding carboxylic acids is 2. The van der Waals surface area contributed by atoms with Crippen molar-refractivity contribution in [1.29, 1.82) is 0 Å². The predicted molar refractivity (Wildman–Crippen MR) is 71.9 cm³/mol. The first-order chi connectivity index (χ1) is 8.20. The normalized spacial score (nSPS) is 13.2. The van der Waals surface area contributed by atoms with Gasteiger partial charge in [-0.2, -0.15) is 12.6 Å². The summed E-state index contributed by atoms with van der Waals surface area (Å²) >= 11 is 3.94. The summed E-state index contributed by atoms with van der Waals surface area (Å²) in [4.78, 5) is 22.4. The van der Waals surface area contributed by atoms with Gasteiger partial charge in [-0.25, -0.2) is 12.7 Å². The van der Waals surface area contributed by atoms with Crippen LogP contribution in [-0.4, -0.2) is 62.7 Å². The van der Waals surface area contributed by atoms with Crippen molar-refractivity contribution >= 4 is 34.5 Å². The largest absolute Gasteiger partial charge is 0.353 e. The van der Waals surface area contributed by atoms with Gasteiger partial charge in [0.2, 0.25) is 21.8 Å². The lowest BCUT2D eigenvalue weighted by atomic mass is 10.3. The van der Waals surface area contributed by atoms with Crippen molar-refractivity contribution in [3.05, 3.63) is 0 Å². The number of amides is 2. The van der Waals surface area contributed by atoms with E-state index in [4.69, 9.17) is 0 Å². The fourth-order valence-corrected chi connectivity index (χ4v) is 2.03. The Morgan fingerprint density at radius 3 is 2.28 bits per heavy atom. The van der Waals surface area contributed by atoms with Crippen LogP contribution in [0.1, 0.15) is 6.92 Å². The second-order valence-electron chi connectivity index (χ2n) is 3.83. The molecule has 1 unspecified atom stereocenters. The molecule has 9 heteroatoms. The molecule has 0 aromatic carbocycles. The van der Waals surface area contributed by atoms with Crippen LogP contribution in [0, 0.1) is 0 Å². The summed E-state index contributed by atoms with van der Waals surface area (Å²) < 4.78 is 23.9. The number of rotatable bonds is 7. The van der Waals surface area contributed by atoms with Gasteiger partial charge in [-0.15, -0.1) is 0 Å². The zero-order chi connectivity index (χ0) is 14.3. The molecule has 0 saturated heterocycles. The SMILES string of the molecule is CC(=O)NC(CS)C(=O)NCCS(=O)(=O)N(C)C. The topological polar surface area (TPSA) is 95.6 Å². The van der Waals surface area contributed by atoms with E-state index >= 15 is 0 Å². The highest BCUT2D eigenvalue weighted by Crippen LogP contribution is 1.93. The molecular weight excluding hydrogens is 278 g/mol. The second kappa shape index (κ2) is 7.59. The molecule has 0 aromatic rings. The third-order valence-electron chi connectivity index (χ3n) is 2.09. The van der Waals surface area contributed by atoms with Crippen molar-refractivity contribution in [2.24, 2.45) is 0 Å². The van der Waals surface area contributed by atoms with Gasteiger partial charge in [-0.05, 0) is 0 Å². The van der Waals surface area contributed by atoms with Crippen molar-refractivity contribution in [3.63, 3.8) is 0 Å². The molecule has 0 aromatic heterocycles. The van der Waals surface area contributed by atoms with E-state index in [0.717, 1.165) is 4.31 Å². The molecule has 0 rings (SSSR count). The van der Waals surface area contributed by atoms with E-state index in [1.165, 1.54) is 21.0 Å². The highest BCUT2D eigenvalue weighted by Gasteiger charge is 2.19. The maximum Gasteiger partial charge on any atom is 0.243 e. The van der Waals surface area contributed by atoms with E-state index in [1.807, 2.05) is 0 Å². The Kier molecular flexibility index (Phi) is 7.26. The zero-order valence-corrected chi connectivity index (χ0v) is 12.3. The lowest BCUT2D eigenvalue weighted by Gasteiger charge is -2.16. The first-order valence-electron chi connectivity index (χ1n) is 5.26. The number of hydrogen-bond acceptors (Lipinski definition) is 5. The van der Waals surface area contributed by atoms with Gasteiger partial charge in [0.25, 0.3) is 0 Å². The lowest BCUT2D eigenvalue weighted by molar-refractivity contribution is -0.127. The molecule has 0 radical (unpaired) electrons. The van der Waals surface area contributed by atoms with Gasteiger partial charge in [0.15, 0.2) is 0 Å². The van der Waals surface area contributed by atoms with E-state index in [0.29, 0.717) is 0 Å². The van der Waals surface area contributed by atoms with Gasteiger partial charge < -0.3 is 10.6 Å². The Hall–Kier alpha value is -0.800. The molecule has 18 heavy (non-hydrogen) atoms. The fourth-order valence-electron chi connectivity index (χ4n) is 1.05. The zero-order valence-electron chi connectivity index (χ0n) is 10.6. The van der Waals surface area contributed by atoms with Gasteiger partial charge in [0.05, 0.1) is 5.75 Å². The monoisotopic (exact) mass is 297 g/mol.